The van der Waals surface area contributed by atoms with Crippen molar-refractivity contribution in [3.63, 3.8) is 0 Å². The highest BCUT2D eigenvalue weighted by molar-refractivity contribution is 6.40. The number of aromatic amines is 1. The van der Waals surface area contributed by atoms with Gasteiger partial charge in [0.1, 0.15) is 12.3 Å². The SMILES string of the molecule is N#CNC(=NC[C@@H](C=O)NC(=O)c1c(Cl)cc2c(c1Cl)CCN(Cc1ccc3cn[nH]c3c1)C2)N1CCCC1. The quantitative estimate of drug-likeness (QED) is 0.131. The predicted molar refractivity (Wildman–Crippen MR) is 150 cm³/mol. The molecule has 0 radical (unpaired) electrons. The number of aromatic nitrogens is 2. The Morgan fingerprint density at radius 2 is 2.08 bits per heavy atom. The lowest BCUT2D eigenvalue weighted by Gasteiger charge is -2.30. The smallest absolute Gasteiger partial charge is 0.254 e. The van der Waals surface area contributed by atoms with Crippen molar-refractivity contribution in [1.29, 1.82) is 5.26 Å². The Hall–Kier alpha value is -3.65. The van der Waals surface area contributed by atoms with Crippen LogP contribution in [0.2, 0.25) is 10.0 Å². The average molecular weight is 567 g/mol. The Labute approximate surface area is 236 Å². The second kappa shape index (κ2) is 12.0. The number of benzene rings is 2. The number of aldehydes is 1. The lowest BCUT2D eigenvalue weighted by molar-refractivity contribution is -0.109. The maximum atomic E-state index is 13.2. The van der Waals surface area contributed by atoms with Gasteiger partial charge in [-0.25, -0.2) is 4.99 Å². The molecule has 12 heteroatoms. The van der Waals surface area contributed by atoms with E-state index < -0.39 is 11.9 Å². The maximum Gasteiger partial charge on any atom is 0.254 e. The van der Waals surface area contributed by atoms with Crippen molar-refractivity contribution >= 4 is 52.3 Å². The number of carbonyl (C=O) groups excluding carboxylic acids is 2. The van der Waals surface area contributed by atoms with Gasteiger partial charge < -0.3 is 15.0 Å². The summed E-state index contributed by atoms with van der Waals surface area (Å²) in [6.45, 7) is 3.72. The molecule has 2 aromatic carbocycles. The van der Waals surface area contributed by atoms with Crippen LogP contribution in [0, 0.1) is 11.5 Å². The van der Waals surface area contributed by atoms with E-state index in [1.807, 2.05) is 11.1 Å². The second-order valence-corrected chi connectivity index (χ2v) is 10.5. The number of carbonyl (C=O) groups is 2. The second-order valence-electron chi connectivity index (χ2n) is 9.75. The number of rotatable bonds is 7. The normalized spacial score (nSPS) is 16.5. The highest BCUT2D eigenvalue weighted by Gasteiger charge is 2.27. The van der Waals surface area contributed by atoms with Crippen LogP contribution in [0.15, 0.2) is 35.5 Å². The summed E-state index contributed by atoms with van der Waals surface area (Å²) in [6, 6.07) is 7.14. The number of hydrogen-bond donors (Lipinski definition) is 3. The fourth-order valence-corrected chi connectivity index (χ4v) is 5.90. The number of H-pyrrole nitrogens is 1. The number of hydrogen-bond acceptors (Lipinski definition) is 6. The van der Waals surface area contributed by atoms with E-state index in [9.17, 15) is 9.59 Å². The maximum absolute atomic E-state index is 13.2. The summed E-state index contributed by atoms with van der Waals surface area (Å²) in [5, 5.41) is 23.0. The minimum atomic E-state index is -0.901. The van der Waals surface area contributed by atoms with Crippen LogP contribution in [-0.4, -0.2) is 70.4 Å². The molecule has 1 saturated heterocycles. The lowest BCUT2D eigenvalue weighted by Crippen LogP contribution is -2.41. The molecule has 5 rings (SSSR count). The van der Waals surface area contributed by atoms with Crippen LogP contribution in [0.1, 0.15) is 39.9 Å². The van der Waals surface area contributed by atoms with Crippen molar-refractivity contribution in [2.24, 2.45) is 4.99 Å². The van der Waals surface area contributed by atoms with Crippen molar-refractivity contribution in [2.45, 2.75) is 38.4 Å². The topological polar surface area (TPSA) is 130 Å². The summed E-state index contributed by atoms with van der Waals surface area (Å²) in [5.41, 5.74) is 4.19. The Bertz CT molecular complexity index is 1460. The summed E-state index contributed by atoms with van der Waals surface area (Å²) in [4.78, 5) is 33.5. The van der Waals surface area contributed by atoms with Crippen LogP contribution in [0.3, 0.4) is 0 Å². The van der Waals surface area contributed by atoms with Gasteiger partial charge in [0.15, 0.2) is 6.19 Å². The summed E-state index contributed by atoms with van der Waals surface area (Å²) >= 11 is 13.3. The van der Waals surface area contributed by atoms with Crippen LogP contribution in [0.4, 0.5) is 0 Å². The number of halogens is 2. The Morgan fingerprint density at radius 3 is 2.85 bits per heavy atom. The minimum Gasteiger partial charge on any atom is -0.342 e. The standard InChI is InChI=1S/C27H28Cl2N8O2/c28-22-10-19-14-36(13-17-3-4-18-11-33-35-23(18)9-17)8-5-21(19)25(29)24(22)26(39)34-20(15-38)12-31-27(32-16-30)37-6-1-2-7-37/h3-4,9-11,15,20H,1-2,5-8,12-14H2,(H,31,32)(H,33,35)(H,34,39)/t20-/m0/s1. The zero-order chi connectivity index (χ0) is 27.4. The van der Waals surface area contributed by atoms with E-state index in [0.29, 0.717) is 30.2 Å². The number of amides is 1. The molecular weight excluding hydrogens is 539 g/mol. The molecule has 1 amide bonds. The molecule has 3 N–H and O–H groups in total. The first-order valence-corrected chi connectivity index (χ1v) is 13.6. The van der Waals surface area contributed by atoms with Crippen molar-refractivity contribution in [3.8, 4) is 6.19 Å². The summed E-state index contributed by atoms with van der Waals surface area (Å²) in [6.07, 6.45) is 6.98. The molecule has 0 spiro atoms. The number of nitriles is 1. The van der Waals surface area contributed by atoms with E-state index in [1.54, 1.807) is 12.3 Å². The van der Waals surface area contributed by atoms with Crippen LogP contribution in [0.25, 0.3) is 10.9 Å². The number of nitrogens with one attached hydrogen (secondary N) is 3. The van der Waals surface area contributed by atoms with Crippen molar-refractivity contribution < 1.29 is 9.59 Å². The number of likely N-dealkylation sites (tertiary alicyclic amines) is 1. The Balaban J connectivity index is 1.27. The number of nitrogens with zero attached hydrogens (tertiary/aromatic N) is 5. The van der Waals surface area contributed by atoms with Crippen molar-refractivity contribution in [2.75, 3.05) is 26.2 Å². The van der Waals surface area contributed by atoms with Gasteiger partial charge in [0.05, 0.1) is 33.9 Å². The highest BCUT2D eigenvalue weighted by atomic mass is 35.5. The van der Waals surface area contributed by atoms with Gasteiger partial charge in [-0.15, -0.1) is 0 Å². The first-order chi connectivity index (χ1) is 19.0. The van der Waals surface area contributed by atoms with E-state index in [4.69, 9.17) is 28.5 Å². The molecule has 1 atom stereocenters. The third-order valence-electron chi connectivity index (χ3n) is 7.12. The van der Waals surface area contributed by atoms with Gasteiger partial charge in [0.2, 0.25) is 5.96 Å². The third-order valence-corrected chi connectivity index (χ3v) is 7.83. The van der Waals surface area contributed by atoms with Crippen LogP contribution >= 0.6 is 23.2 Å². The molecule has 3 aromatic rings. The molecule has 0 unspecified atom stereocenters. The monoisotopic (exact) mass is 566 g/mol. The van der Waals surface area contributed by atoms with Crippen molar-refractivity contribution in [3.05, 3.63) is 62.8 Å². The fraction of sp³-hybridized carbons (Fsp3) is 0.370. The minimum absolute atomic E-state index is 0.0186. The lowest BCUT2D eigenvalue weighted by atomic mass is 9.96. The van der Waals surface area contributed by atoms with Gasteiger partial charge in [-0.05, 0) is 48.1 Å². The molecule has 10 nitrogen and oxygen atoms in total. The number of guanidine groups is 1. The van der Waals surface area contributed by atoms with Gasteiger partial charge in [-0.3, -0.25) is 20.1 Å². The predicted octanol–water partition coefficient (Wildman–Crippen LogP) is 3.25. The van der Waals surface area contributed by atoms with E-state index in [-0.39, 0.29) is 17.1 Å². The van der Waals surface area contributed by atoms with Gasteiger partial charge in [0, 0.05) is 38.1 Å². The van der Waals surface area contributed by atoms with Crippen LogP contribution < -0.4 is 10.6 Å². The molecular formula is C27H28Cl2N8O2. The molecule has 3 heterocycles. The molecule has 202 valence electrons. The first-order valence-electron chi connectivity index (χ1n) is 12.8. The average Bonchev–Trinajstić information content (AvgIpc) is 3.62. The summed E-state index contributed by atoms with van der Waals surface area (Å²) in [5.74, 6) is -0.138. The summed E-state index contributed by atoms with van der Waals surface area (Å²) in [7, 11) is 0. The van der Waals surface area contributed by atoms with E-state index in [1.165, 1.54) is 5.56 Å². The van der Waals surface area contributed by atoms with E-state index >= 15 is 0 Å². The molecule has 0 aliphatic carbocycles. The van der Waals surface area contributed by atoms with E-state index in [0.717, 1.165) is 61.1 Å². The fourth-order valence-electron chi connectivity index (χ4n) is 5.14. The number of fused-ring (bicyclic) bond motifs is 2. The summed E-state index contributed by atoms with van der Waals surface area (Å²) < 4.78 is 0. The zero-order valence-electron chi connectivity index (χ0n) is 21.2. The molecule has 39 heavy (non-hydrogen) atoms. The van der Waals surface area contributed by atoms with E-state index in [2.05, 4.69) is 48.9 Å². The molecule has 2 aliphatic heterocycles. The molecule has 2 aliphatic rings. The molecule has 0 saturated carbocycles. The van der Waals surface area contributed by atoms with Gasteiger partial charge in [-0.1, -0.05) is 35.3 Å². The zero-order valence-corrected chi connectivity index (χ0v) is 22.7. The van der Waals surface area contributed by atoms with Crippen LogP contribution in [0.5, 0.6) is 0 Å². The largest absolute Gasteiger partial charge is 0.342 e. The van der Waals surface area contributed by atoms with Crippen LogP contribution in [-0.2, 0) is 24.3 Å². The van der Waals surface area contributed by atoms with Gasteiger partial charge >= 0.3 is 0 Å². The van der Waals surface area contributed by atoms with Gasteiger partial charge in [-0.2, -0.15) is 10.4 Å². The van der Waals surface area contributed by atoms with Crippen molar-refractivity contribution in [1.82, 2.24) is 30.6 Å². The third kappa shape index (κ3) is 6.01. The molecule has 1 fully saturated rings. The first kappa shape index (κ1) is 26.9. The molecule has 1 aromatic heterocycles. The number of aliphatic imine (C=N–C) groups is 1. The highest BCUT2D eigenvalue weighted by Crippen LogP contribution is 2.35. The Kier molecular flexibility index (Phi) is 8.31. The van der Waals surface area contributed by atoms with Gasteiger partial charge in [0.25, 0.3) is 5.91 Å². The molecule has 0 bridgehead atoms. The Morgan fingerprint density at radius 1 is 1.26 bits per heavy atom.